The third-order valence-electron chi connectivity index (χ3n) is 5.41. The summed E-state index contributed by atoms with van der Waals surface area (Å²) in [5.74, 6) is -7.05. The molecule has 2 aromatic carbocycles. The van der Waals surface area contributed by atoms with Crippen LogP contribution in [-0.4, -0.2) is 39.1 Å². The van der Waals surface area contributed by atoms with Crippen molar-refractivity contribution in [2.45, 2.75) is 26.7 Å². The smallest absolute Gasteiger partial charge is 0.308 e. The first-order valence-electron chi connectivity index (χ1n) is 10.0. The van der Waals surface area contributed by atoms with Gasteiger partial charge in [0, 0.05) is 29.6 Å². The minimum Gasteiger partial charge on any atom is -0.505 e. The number of aromatic nitrogens is 1. The van der Waals surface area contributed by atoms with Gasteiger partial charge < -0.3 is 15.5 Å². The number of aliphatic carboxylic acids is 1. The van der Waals surface area contributed by atoms with Gasteiger partial charge in [0.25, 0.3) is 5.91 Å². The van der Waals surface area contributed by atoms with Crippen LogP contribution in [-0.2, 0) is 16.0 Å². The zero-order valence-electron chi connectivity index (χ0n) is 17.8. The van der Waals surface area contributed by atoms with Crippen LogP contribution in [0.2, 0.25) is 0 Å². The molecule has 1 aromatic heterocycles. The van der Waals surface area contributed by atoms with E-state index >= 15 is 0 Å². The predicted molar refractivity (Wildman–Crippen MR) is 113 cm³/mol. The third-order valence-corrected chi connectivity index (χ3v) is 5.41. The van der Waals surface area contributed by atoms with Crippen molar-refractivity contribution in [3.63, 3.8) is 0 Å². The number of hydrogen-bond acceptors (Lipinski definition) is 4. The molecule has 0 spiro atoms. The lowest BCUT2D eigenvalue weighted by Gasteiger charge is -2.09. The lowest BCUT2D eigenvalue weighted by atomic mass is 10.0. The Hall–Kier alpha value is -3.82. The van der Waals surface area contributed by atoms with Crippen LogP contribution in [0.5, 0.6) is 5.75 Å². The van der Waals surface area contributed by atoms with E-state index in [1.54, 1.807) is 0 Å². The Balaban J connectivity index is 1.98. The molecule has 10 heteroatoms. The van der Waals surface area contributed by atoms with Crippen molar-refractivity contribution < 1.29 is 37.8 Å². The fourth-order valence-electron chi connectivity index (χ4n) is 3.53. The van der Waals surface area contributed by atoms with Crippen molar-refractivity contribution in [2.24, 2.45) is 5.92 Å². The number of amides is 1. The molecule has 3 rings (SSSR count). The lowest BCUT2D eigenvalue weighted by Crippen LogP contribution is -2.31. The van der Waals surface area contributed by atoms with Crippen LogP contribution in [0.25, 0.3) is 10.9 Å². The normalized spacial score (nSPS) is 12.0. The van der Waals surface area contributed by atoms with Crippen LogP contribution in [0, 0.1) is 30.3 Å². The zero-order chi connectivity index (χ0) is 24.4. The van der Waals surface area contributed by atoms with E-state index < -0.39 is 46.9 Å². The fourth-order valence-corrected chi connectivity index (χ4v) is 3.53. The average Bonchev–Trinajstić information content (AvgIpc) is 3.06. The van der Waals surface area contributed by atoms with Gasteiger partial charge >= 0.3 is 5.97 Å². The number of carbonyl (C=O) groups is 3. The Bertz CT molecular complexity index is 1270. The maximum atomic E-state index is 14.9. The molecule has 7 nitrogen and oxygen atoms in total. The van der Waals surface area contributed by atoms with Crippen LogP contribution in [0.3, 0.4) is 0 Å². The van der Waals surface area contributed by atoms with Crippen LogP contribution >= 0.6 is 0 Å². The van der Waals surface area contributed by atoms with Crippen LogP contribution in [0.4, 0.5) is 13.2 Å². The van der Waals surface area contributed by atoms with Gasteiger partial charge in [-0.25, -0.2) is 13.2 Å². The number of phenols is 1. The maximum Gasteiger partial charge on any atom is 0.308 e. The molecule has 1 heterocycles. The molecule has 174 valence electrons. The lowest BCUT2D eigenvalue weighted by molar-refractivity contribution is -0.141. The summed E-state index contributed by atoms with van der Waals surface area (Å²) in [5, 5.41) is 21.2. The van der Waals surface area contributed by atoms with Crippen LogP contribution < -0.4 is 5.32 Å². The van der Waals surface area contributed by atoms with Crippen LogP contribution in [0.1, 0.15) is 35.0 Å². The minimum atomic E-state index is -1.22. The van der Waals surface area contributed by atoms with Crippen molar-refractivity contribution in [3.05, 3.63) is 64.6 Å². The molecule has 1 amide bonds. The van der Waals surface area contributed by atoms with E-state index in [1.165, 1.54) is 19.9 Å². The van der Waals surface area contributed by atoms with Crippen molar-refractivity contribution in [2.75, 3.05) is 6.54 Å². The van der Waals surface area contributed by atoms with Crippen molar-refractivity contribution in [3.8, 4) is 5.75 Å². The molecular weight excluding hydrogens is 441 g/mol. The van der Waals surface area contributed by atoms with Gasteiger partial charge in [-0.05, 0) is 49.2 Å². The summed E-state index contributed by atoms with van der Waals surface area (Å²) >= 11 is 0. The summed E-state index contributed by atoms with van der Waals surface area (Å²) in [6.07, 6.45) is -0.158. The van der Waals surface area contributed by atoms with E-state index in [0.717, 1.165) is 28.8 Å². The third kappa shape index (κ3) is 4.69. The second-order valence-electron chi connectivity index (χ2n) is 7.67. The summed E-state index contributed by atoms with van der Waals surface area (Å²) in [7, 11) is 0. The molecular formula is C23H21F3N2O5. The average molecular weight is 462 g/mol. The highest BCUT2D eigenvalue weighted by Gasteiger charge is 2.24. The summed E-state index contributed by atoms with van der Waals surface area (Å²) in [4.78, 5) is 36.1. The van der Waals surface area contributed by atoms with Gasteiger partial charge in [-0.1, -0.05) is 6.92 Å². The number of carboxylic acid groups (broad SMARTS) is 1. The van der Waals surface area contributed by atoms with E-state index in [9.17, 15) is 32.7 Å². The number of aryl methyl sites for hydroxylation is 1. The molecule has 0 aliphatic heterocycles. The fraction of sp³-hybridized carbons (Fsp3) is 0.261. The quantitative estimate of drug-likeness (QED) is 0.498. The molecule has 3 N–H and O–H groups in total. The first-order chi connectivity index (χ1) is 15.5. The van der Waals surface area contributed by atoms with Gasteiger partial charge in [0.05, 0.1) is 11.4 Å². The Labute approximate surface area is 186 Å². The molecule has 0 saturated carbocycles. The number of nitrogens with zero attached hydrogens (tertiary/aromatic N) is 1. The second kappa shape index (κ2) is 9.35. The number of halogens is 3. The van der Waals surface area contributed by atoms with Gasteiger partial charge in [-0.15, -0.1) is 0 Å². The largest absolute Gasteiger partial charge is 0.505 e. The van der Waals surface area contributed by atoms with E-state index in [1.807, 2.05) is 0 Å². The minimum absolute atomic E-state index is 0.0198. The van der Waals surface area contributed by atoms with Crippen LogP contribution in [0.15, 0.2) is 30.3 Å². The van der Waals surface area contributed by atoms with Crippen molar-refractivity contribution in [1.82, 2.24) is 9.88 Å². The molecule has 0 aliphatic rings. The van der Waals surface area contributed by atoms with E-state index in [2.05, 4.69) is 5.32 Å². The number of nitrogens with one attached hydrogen (secondary N) is 1. The topological polar surface area (TPSA) is 109 Å². The highest BCUT2D eigenvalue weighted by Crippen LogP contribution is 2.34. The molecule has 0 saturated heterocycles. The number of aromatic hydroxyl groups is 1. The molecule has 3 aromatic rings. The Kier molecular flexibility index (Phi) is 6.75. The molecule has 0 radical (unpaired) electrons. The standard InChI is InChI=1S/C23H21F3N2O5/c1-11(23(32)33)10-27-19(30)8-4-14-12(2)28(17-6-7-18(29)21(26)20(14)17)22(31)13-3-5-15(24)16(25)9-13/h3,5-7,9,11,29H,4,8,10H2,1-2H3,(H,27,30)(H,32,33)/t11-/m0/s1. The Morgan fingerprint density at radius 2 is 1.79 bits per heavy atom. The van der Waals surface area contributed by atoms with E-state index in [0.29, 0.717) is 0 Å². The van der Waals surface area contributed by atoms with Gasteiger partial charge in [0.2, 0.25) is 5.91 Å². The summed E-state index contributed by atoms with van der Waals surface area (Å²) in [6, 6.07) is 5.02. The number of fused-ring (bicyclic) bond motifs is 1. The first-order valence-corrected chi connectivity index (χ1v) is 10.0. The molecule has 0 fully saturated rings. The maximum absolute atomic E-state index is 14.9. The second-order valence-corrected chi connectivity index (χ2v) is 7.67. The molecule has 0 unspecified atom stereocenters. The highest BCUT2D eigenvalue weighted by molar-refractivity contribution is 6.04. The van der Waals surface area contributed by atoms with Crippen molar-refractivity contribution >= 4 is 28.7 Å². The number of phenolic OH excluding ortho intramolecular Hbond substituents is 1. The van der Waals surface area contributed by atoms with Gasteiger partial charge in [0.1, 0.15) is 0 Å². The van der Waals surface area contributed by atoms with Gasteiger partial charge in [0.15, 0.2) is 23.2 Å². The zero-order valence-corrected chi connectivity index (χ0v) is 17.8. The molecule has 33 heavy (non-hydrogen) atoms. The highest BCUT2D eigenvalue weighted by atomic mass is 19.2. The predicted octanol–water partition coefficient (Wildman–Crippen LogP) is 3.53. The summed E-state index contributed by atoms with van der Waals surface area (Å²) in [5.41, 5.74) is 0.452. The monoisotopic (exact) mass is 462 g/mol. The molecule has 0 bridgehead atoms. The van der Waals surface area contributed by atoms with E-state index in [4.69, 9.17) is 5.11 Å². The number of hydrogen-bond donors (Lipinski definition) is 3. The van der Waals surface area contributed by atoms with E-state index in [-0.39, 0.29) is 47.1 Å². The number of rotatable bonds is 7. The number of carbonyl (C=O) groups excluding carboxylic acids is 2. The molecule has 0 aliphatic carbocycles. The summed E-state index contributed by atoms with van der Waals surface area (Å²) < 4.78 is 42.9. The number of benzene rings is 2. The SMILES string of the molecule is Cc1c(CCC(=O)NC[C@H](C)C(=O)O)c2c(F)c(O)ccc2n1C(=O)c1ccc(F)c(F)c1. The van der Waals surface area contributed by atoms with Gasteiger partial charge in [-0.3, -0.25) is 19.0 Å². The summed E-state index contributed by atoms with van der Waals surface area (Å²) in [6.45, 7) is 2.86. The van der Waals surface area contributed by atoms with Crippen molar-refractivity contribution in [1.29, 1.82) is 0 Å². The Morgan fingerprint density at radius 3 is 2.42 bits per heavy atom. The first kappa shape index (κ1) is 23.8. The molecule has 1 atom stereocenters. The number of carboxylic acids is 1. The van der Waals surface area contributed by atoms with Gasteiger partial charge in [-0.2, -0.15) is 0 Å². The Morgan fingerprint density at radius 1 is 1.09 bits per heavy atom.